The molecule has 0 atom stereocenters. The Morgan fingerprint density at radius 3 is 2.80 bits per heavy atom. The molecule has 0 saturated heterocycles. The number of ether oxygens (including phenoxy) is 1. The van der Waals surface area contributed by atoms with Crippen molar-refractivity contribution in [2.75, 3.05) is 6.61 Å². The fourth-order valence-electron chi connectivity index (χ4n) is 1.68. The van der Waals surface area contributed by atoms with Gasteiger partial charge in [0, 0.05) is 6.04 Å². The van der Waals surface area contributed by atoms with Crippen LogP contribution in [-0.4, -0.2) is 28.7 Å². The van der Waals surface area contributed by atoms with Crippen LogP contribution in [0.5, 0.6) is 5.75 Å². The van der Waals surface area contributed by atoms with Crippen molar-refractivity contribution in [3.8, 4) is 17.2 Å². The van der Waals surface area contributed by atoms with Crippen molar-refractivity contribution >= 4 is 5.91 Å². The summed E-state index contributed by atoms with van der Waals surface area (Å²) in [4.78, 5) is 15.7. The Morgan fingerprint density at radius 2 is 2.15 bits per heavy atom. The monoisotopic (exact) mass is 275 g/mol. The van der Waals surface area contributed by atoms with Gasteiger partial charge in [0.2, 0.25) is 0 Å². The van der Waals surface area contributed by atoms with Gasteiger partial charge in [-0.1, -0.05) is 17.3 Å². The van der Waals surface area contributed by atoms with Crippen LogP contribution < -0.4 is 10.1 Å². The maximum absolute atomic E-state index is 11.6. The van der Waals surface area contributed by atoms with Crippen molar-refractivity contribution < 1.29 is 14.1 Å². The Balaban J connectivity index is 2.11. The van der Waals surface area contributed by atoms with Gasteiger partial charge in [-0.05, 0) is 32.9 Å². The first kappa shape index (κ1) is 14.0. The predicted molar refractivity (Wildman–Crippen MR) is 73.2 cm³/mol. The molecule has 1 amide bonds. The zero-order chi connectivity index (χ0) is 14.5. The zero-order valence-electron chi connectivity index (χ0n) is 11.7. The van der Waals surface area contributed by atoms with Gasteiger partial charge >= 0.3 is 0 Å². The number of benzene rings is 1. The van der Waals surface area contributed by atoms with E-state index >= 15 is 0 Å². The number of rotatable bonds is 5. The van der Waals surface area contributed by atoms with Crippen molar-refractivity contribution in [1.29, 1.82) is 0 Å². The lowest BCUT2D eigenvalue weighted by Gasteiger charge is -2.11. The average Bonchev–Trinajstić information content (AvgIpc) is 2.82. The molecular formula is C14H17N3O3. The molecule has 0 saturated carbocycles. The van der Waals surface area contributed by atoms with Crippen LogP contribution in [0.1, 0.15) is 19.7 Å². The lowest BCUT2D eigenvalue weighted by molar-refractivity contribution is -0.123. The van der Waals surface area contributed by atoms with Crippen molar-refractivity contribution in [3.05, 3.63) is 30.1 Å². The van der Waals surface area contributed by atoms with E-state index in [-0.39, 0.29) is 18.6 Å². The van der Waals surface area contributed by atoms with Gasteiger partial charge in [-0.2, -0.15) is 4.98 Å². The van der Waals surface area contributed by atoms with Crippen LogP contribution in [0.4, 0.5) is 0 Å². The quantitative estimate of drug-likeness (QED) is 0.902. The third-order valence-electron chi connectivity index (χ3n) is 2.45. The summed E-state index contributed by atoms with van der Waals surface area (Å²) in [6.07, 6.45) is 0. The standard InChI is InChI=1S/C14H17N3O3/c1-9(2)15-13(18)8-19-12-7-5-4-6-11(12)14-16-10(3)17-20-14/h4-7,9H,8H2,1-3H3,(H,15,18). The number of nitrogens with zero attached hydrogens (tertiary/aromatic N) is 2. The molecule has 6 nitrogen and oxygen atoms in total. The molecule has 0 aliphatic heterocycles. The number of hydrogen-bond donors (Lipinski definition) is 1. The molecule has 0 bridgehead atoms. The van der Waals surface area contributed by atoms with E-state index in [1.54, 1.807) is 13.0 Å². The molecule has 20 heavy (non-hydrogen) atoms. The number of aromatic nitrogens is 2. The smallest absolute Gasteiger partial charge is 0.261 e. The van der Waals surface area contributed by atoms with Crippen molar-refractivity contribution in [1.82, 2.24) is 15.5 Å². The molecule has 1 N–H and O–H groups in total. The molecule has 106 valence electrons. The van der Waals surface area contributed by atoms with Crippen molar-refractivity contribution in [3.63, 3.8) is 0 Å². The normalized spacial score (nSPS) is 10.6. The first-order valence-electron chi connectivity index (χ1n) is 6.38. The highest BCUT2D eigenvalue weighted by molar-refractivity contribution is 5.78. The molecule has 0 unspecified atom stereocenters. The second-order valence-corrected chi connectivity index (χ2v) is 4.65. The van der Waals surface area contributed by atoms with E-state index in [0.717, 1.165) is 0 Å². The Labute approximate surface area is 117 Å². The molecule has 1 aromatic carbocycles. The number of nitrogens with one attached hydrogen (secondary N) is 1. The van der Waals surface area contributed by atoms with Crippen LogP contribution in [0.2, 0.25) is 0 Å². The summed E-state index contributed by atoms with van der Waals surface area (Å²) >= 11 is 0. The maximum Gasteiger partial charge on any atom is 0.261 e. The molecule has 0 spiro atoms. The maximum atomic E-state index is 11.6. The molecule has 2 rings (SSSR count). The Morgan fingerprint density at radius 1 is 1.40 bits per heavy atom. The Hall–Kier alpha value is -2.37. The largest absolute Gasteiger partial charge is 0.483 e. The molecule has 0 radical (unpaired) electrons. The molecule has 0 aliphatic carbocycles. The first-order chi connectivity index (χ1) is 9.56. The molecule has 0 aliphatic rings. The fraction of sp³-hybridized carbons (Fsp3) is 0.357. The summed E-state index contributed by atoms with van der Waals surface area (Å²) in [6.45, 7) is 5.48. The fourth-order valence-corrected chi connectivity index (χ4v) is 1.68. The van der Waals surface area contributed by atoms with E-state index in [1.165, 1.54) is 0 Å². The third-order valence-corrected chi connectivity index (χ3v) is 2.45. The van der Waals surface area contributed by atoms with E-state index < -0.39 is 0 Å². The van der Waals surface area contributed by atoms with Crippen LogP contribution in [0.3, 0.4) is 0 Å². The molecule has 1 aromatic heterocycles. The van der Waals surface area contributed by atoms with Gasteiger partial charge in [-0.3, -0.25) is 4.79 Å². The average molecular weight is 275 g/mol. The lowest BCUT2D eigenvalue weighted by atomic mass is 10.2. The Kier molecular flexibility index (Phi) is 4.34. The molecule has 2 aromatic rings. The van der Waals surface area contributed by atoms with E-state index in [0.29, 0.717) is 23.0 Å². The summed E-state index contributed by atoms with van der Waals surface area (Å²) in [5.74, 6) is 1.29. The second kappa shape index (κ2) is 6.18. The highest BCUT2D eigenvalue weighted by Crippen LogP contribution is 2.28. The van der Waals surface area contributed by atoms with Crippen LogP contribution in [0, 0.1) is 6.92 Å². The van der Waals surface area contributed by atoms with Crippen LogP contribution >= 0.6 is 0 Å². The summed E-state index contributed by atoms with van der Waals surface area (Å²) in [7, 11) is 0. The predicted octanol–water partition coefficient (Wildman–Crippen LogP) is 1.95. The number of hydrogen-bond acceptors (Lipinski definition) is 5. The van der Waals surface area contributed by atoms with Crippen molar-refractivity contribution in [2.45, 2.75) is 26.8 Å². The highest BCUT2D eigenvalue weighted by atomic mass is 16.5. The number of amides is 1. The summed E-state index contributed by atoms with van der Waals surface area (Å²) < 4.78 is 10.6. The molecule has 6 heteroatoms. The molecular weight excluding hydrogens is 258 g/mol. The number of carbonyl (C=O) groups excluding carboxylic acids is 1. The van der Waals surface area contributed by atoms with E-state index in [2.05, 4.69) is 15.5 Å². The van der Waals surface area contributed by atoms with Crippen LogP contribution in [0.25, 0.3) is 11.5 Å². The SMILES string of the molecule is Cc1noc(-c2ccccc2OCC(=O)NC(C)C)n1. The van der Waals surface area contributed by atoms with Gasteiger partial charge in [0.25, 0.3) is 11.8 Å². The van der Waals surface area contributed by atoms with Gasteiger partial charge in [-0.15, -0.1) is 0 Å². The van der Waals surface area contributed by atoms with E-state index in [1.807, 2.05) is 32.0 Å². The topological polar surface area (TPSA) is 77.2 Å². The van der Waals surface area contributed by atoms with Crippen LogP contribution in [0.15, 0.2) is 28.8 Å². The van der Waals surface area contributed by atoms with Gasteiger partial charge in [0.15, 0.2) is 12.4 Å². The van der Waals surface area contributed by atoms with Crippen LogP contribution in [-0.2, 0) is 4.79 Å². The highest BCUT2D eigenvalue weighted by Gasteiger charge is 2.13. The third kappa shape index (κ3) is 3.57. The number of para-hydroxylation sites is 1. The lowest BCUT2D eigenvalue weighted by Crippen LogP contribution is -2.34. The van der Waals surface area contributed by atoms with E-state index in [4.69, 9.17) is 9.26 Å². The molecule has 1 heterocycles. The minimum absolute atomic E-state index is 0.0533. The first-order valence-corrected chi connectivity index (χ1v) is 6.38. The van der Waals surface area contributed by atoms with Crippen molar-refractivity contribution in [2.24, 2.45) is 0 Å². The summed E-state index contributed by atoms with van der Waals surface area (Å²) in [5, 5.41) is 6.51. The van der Waals surface area contributed by atoms with Gasteiger partial charge < -0.3 is 14.6 Å². The second-order valence-electron chi connectivity index (χ2n) is 4.65. The molecule has 0 fully saturated rings. The van der Waals surface area contributed by atoms with Gasteiger partial charge in [0.1, 0.15) is 5.75 Å². The number of aryl methyl sites for hydroxylation is 1. The summed E-state index contributed by atoms with van der Waals surface area (Å²) in [5.41, 5.74) is 0.672. The number of carbonyl (C=O) groups is 1. The minimum Gasteiger partial charge on any atom is -0.483 e. The minimum atomic E-state index is -0.170. The van der Waals surface area contributed by atoms with Gasteiger partial charge in [0.05, 0.1) is 5.56 Å². The summed E-state index contributed by atoms with van der Waals surface area (Å²) in [6, 6.07) is 7.32. The van der Waals surface area contributed by atoms with Gasteiger partial charge in [-0.25, -0.2) is 0 Å². The Bertz CT molecular complexity index is 593. The zero-order valence-corrected chi connectivity index (χ0v) is 11.7. The van der Waals surface area contributed by atoms with E-state index in [9.17, 15) is 4.79 Å².